The molecule has 0 aromatic heterocycles. The van der Waals surface area contributed by atoms with Gasteiger partial charge in [-0.3, -0.25) is 0 Å². The Balaban J connectivity index is 2.67. The van der Waals surface area contributed by atoms with Gasteiger partial charge in [-0.15, -0.1) is 11.8 Å². The zero-order valence-electron chi connectivity index (χ0n) is 11.7. The molecule has 0 amide bonds. The van der Waals surface area contributed by atoms with Crippen molar-refractivity contribution in [3.63, 3.8) is 0 Å². The first-order valence-electron chi connectivity index (χ1n) is 6.29. The van der Waals surface area contributed by atoms with Gasteiger partial charge < -0.3 is 10.2 Å². The van der Waals surface area contributed by atoms with Gasteiger partial charge in [-0.2, -0.15) is 0 Å². The molecule has 2 nitrogen and oxygen atoms in total. The maximum absolute atomic E-state index is 6.30. The fraction of sp³-hybridized carbons (Fsp3) is 0.571. The highest BCUT2D eigenvalue weighted by molar-refractivity contribution is 7.99. The van der Waals surface area contributed by atoms with Crippen LogP contribution in [0.5, 0.6) is 0 Å². The van der Waals surface area contributed by atoms with E-state index in [0.29, 0.717) is 6.04 Å². The van der Waals surface area contributed by atoms with Gasteiger partial charge >= 0.3 is 0 Å². The summed E-state index contributed by atoms with van der Waals surface area (Å²) in [6.07, 6.45) is 0. The first kappa shape index (κ1) is 15.8. The molecular weight excluding hydrogens is 264 g/mol. The van der Waals surface area contributed by atoms with Crippen LogP contribution < -0.4 is 5.32 Å². The predicted molar refractivity (Wildman–Crippen MR) is 82.7 cm³/mol. The van der Waals surface area contributed by atoms with Crippen molar-refractivity contribution in [3.05, 3.63) is 28.8 Å². The van der Waals surface area contributed by atoms with E-state index in [-0.39, 0.29) is 0 Å². The maximum Gasteiger partial charge on any atom is 0.0545 e. The van der Waals surface area contributed by atoms with Crippen LogP contribution in [0.15, 0.2) is 23.1 Å². The van der Waals surface area contributed by atoms with E-state index in [1.54, 1.807) is 0 Å². The molecule has 18 heavy (non-hydrogen) atoms. The number of hydrogen-bond acceptors (Lipinski definition) is 3. The number of halogens is 1. The van der Waals surface area contributed by atoms with Gasteiger partial charge in [0.05, 0.1) is 5.02 Å². The van der Waals surface area contributed by atoms with Crippen LogP contribution in [-0.2, 0) is 6.54 Å². The summed E-state index contributed by atoms with van der Waals surface area (Å²) in [5, 5.41) is 4.31. The van der Waals surface area contributed by atoms with Crippen LogP contribution in [0.3, 0.4) is 0 Å². The van der Waals surface area contributed by atoms with Gasteiger partial charge in [-0.05, 0) is 25.7 Å². The lowest BCUT2D eigenvalue weighted by molar-refractivity contribution is 0.437. The molecule has 0 heterocycles. The van der Waals surface area contributed by atoms with E-state index in [4.69, 9.17) is 11.6 Å². The highest BCUT2D eigenvalue weighted by Crippen LogP contribution is 2.30. The average Bonchev–Trinajstić information content (AvgIpc) is 2.28. The fourth-order valence-electron chi connectivity index (χ4n) is 1.50. The zero-order valence-corrected chi connectivity index (χ0v) is 13.2. The summed E-state index contributed by atoms with van der Waals surface area (Å²) in [6, 6.07) is 6.64. The minimum absolute atomic E-state index is 0.489. The molecule has 0 radical (unpaired) electrons. The second kappa shape index (κ2) is 8.05. The molecule has 1 aromatic rings. The molecule has 1 N–H and O–H groups in total. The molecular formula is C14H23ClN2S. The molecule has 0 aliphatic rings. The number of rotatable bonds is 7. The molecule has 0 aliphatic carbocycles. The molecule has 0 aliphatic heterocycles. The Morgan fingerprint density at radius 1 is 1.33 bits per heavy atom. The molecule has 1 rings (SSSR count). The van der Waals surface area contributed by atoms with Gasteiger partial charge in [0.2, 0.25) is 0 Å². The van der Waals surface area contributed by atoms with Gasteiger partial charge in [0, 0.05) is 29.8 Å². The van der Waals surface area contributed by atoms with Crippen LogP contribution in [-0.4, -0.2) is 37.3 Å². The summed E-state index contributed by atoms with van der Waals surface area (Å²) in [4.78, 5) is 3.41. The first-order chi connectivity index (χ1) is 8.50. The Morgan fingerprint density at radius 3 is 2.67 bits per heavy atom. The van der Waals surface area contributed by atoms with Gasteiger partial charge in [0.15, 0.2) is 0 Å². The van der Waals surface area contributed by atoms with E-state index >= 15 is 0 Å². The second-order valence-corrected chi connectivity index (χ2v) is 6.43. The minimum Gasteiger partial charge on any atom is -0.310 e. The number of nitrogens with one attached hydrogen (secondary N) is 1. The highest BCUT2D eigenvalue weighted by Gasteiger charge is 2.08. The van der Waals surface area contributed by atoms with Crippen molar-refractivity contribution < 1.29 is 0 Å². The Hall–Kier alpha value is -0.220. The van der Waals surface area contributed by atoms with Crippen molar-refractivity contribution in [1.82, 2.24) is 10.2 Å². The van der Waals surface area contributed by atoms with Crippen LogP contribution in [0, 0.1) is 0 Å². The first-order valence-corrected chi connectivity index (χ1v) is 7.65. The van der Waals surface area contributed by atoms with E-state index in [2.05, 4.69) is 44.2 Å². The minimum atomic E-state index is 0.489. The van der Waals surface area contributed by atoms with Crippen LogP contribution in [0.2, 0.25) is 5.02 Å². The monoisotopic (exact) mass is 286 g/mol. The third kappa shape index (κ3) is 5.61. The number of nitrogens with zero attached hydrogens (tertiary/aromatic N) is 1. The summed E-state index contributed by atoms with van der Waals surface area (Å²) in [5.41, 5.74) is 1.29. The molecule has 0 saturated heterocycles. The third-order valence-corrected chi connectivity index (χ3v) is 4.12. The predicted octanol–water partition coefficient (Wildman–Crippen LogP) is 3.49. The van der Waals surface area contributed by atoms with Crippen LogP contribution >= 0.6 is 23.4 Å². The van der Waals surface area contributed by atoms with E-state index < -0.39 is 0 Å². The lowest BCUT2D eigenvalue weighted by atomic mass is 10.2. The van der Waals surface area contributed by atoms with Crippen LogP contribution in [0.4, 0.5) is 0 Å². The second-order valence-electron chi connectivity index (χ2n) is 4.92. The van der Waals surface area contributed by atoms with E-state index in [1.807, 2.05) is 23.9 Å². The van der Waals surface area contributed by atoms with Crippen molar-refractivity contribution in [2.45, 2.75) is 31.3 Å². The summed E-state index contributed by atoms with van der Waals surface area (Å²) in [5.74, 6) is 1.06. The topological polar surface area (TPSA) is 15.3 Å². The standard InChI is InChI=1S/C14H23ClN2S/c1-11(2)16-10-12-6-5-7-13(15)14(12)18-9-8-17(3)4/h5-7,11,16H,8-10H2,1-4H3. The van der Waals surface area contributed by atoms with E-state index in [1.165, 1.54) is 10.5 Å². The maximum atomic E-state index is 6.30. The van der Waals surface area contributed by atoms with E-state index in [0.717, 1.165) is 23.9 Å². The lowest BCUT2D eigenvalue weighted by Gasteiger charge is -2.15. The van der Waals surface area contributed by atoms with E-state index in [9.17, 15) is 0 Å². The number of hydrogen-bond donors (Lipinski definition) is 1. The van der Waals surface area contributed by atoms with Crippen molar-refractivity contribution in [1.29, 1.82) is 0 Å². The summed E-state index contributed by atoms with van der Waals surface area (Å²) < 4.78 is 0. The molecule has 0 spiro atoms. The van der Waals surface area contributed by atoms with Crippen LogP contribution in [0.1, 0.15) is 19.4 Å². The Bertz CT molecular complexity index is 367. The summed E-state index contributed by atoms with van der Waals surface area (Å²) in [7, 11) is 4.18. The Labute approximate surface area is 120 Å². The van der Waals surface area contributed by atoms with Crippen LogP contribution in [0.25, 0.3) is 0 Å². The van der Waals surface area contributed by atoms with Crippen molar-refractivity contribution in [3.8, 4) is 0 Å². The molecule has 1 aromatic carbocycles. The molecule has 4 heteroatoms. The quantitative estimate of drug-likeness (QED) is 0.773. The SMILES string of the molecule is CC(C)NCc1cccc(Cl)c1SCCN(C)C. The summed E-state index contributed by atoms with van der Waals surface area (Å²) >= 11 is 8.14. The number of benzene rings is 1. The Morgan fingerprint density at radius 2 is 2.06 bits per heavy atom. The molecule has 102 valence electrons. The molecule has 0 fully saturated rings. The molecule has 0 atom stereocenters. The molecule has 0 saturated carbocycles. The smallest absolute Gasteiger partial charge is 0.0545 e. The normalized spacial score (nSPS) is 11.5. The molecule has 0 unspecified atom stereocenters. The van der Waals surface area contributed by atoms with Gasteiger partial charge in [-0.25, -0.2) is 0 Å². The lowest BCUT2D eigenvalue weighted by Crippen LogP contribution is -2.22. The molecule has 0 bridgehead atoms. The summed E-state index contributed by atoms with van der Waals surface area (Å²) in [6.45, 7) is 6.25. The van der Waals surface area contributed by atoms with Crippen molar-refractivity contribution in [2.75, 3.05) is 26.4 Å². The van der Waals surface area contributed by atoms with Crippen molar-refractivity contribution in [2.24, 2.45) is 0 Å². The van der Waals surface area contributed by atoms with Gasteiger partial charge in [-0.1, -0.05) is 37.6 Å². The average molecular weight is 287 g/mol. The highest BCUT2D eigenvalue weighted by atomic mass is 35.5. The zero-order chi connectivity index (χ0) is 13.5. The third-order valence-electron chi connectivity index (χ3n) is 2.53. The number of thioether (sulfide) groups is 1. The van der Waals surface area contributed by atoms with Gasteiger partial charge in [0.25, 0.3) is 0 Å². The van der Waals surface area contributed by atoms with Crippen molar-refractivity contribution >= 4 is 23.4 Å². The largest absolute Gasteiger partial charge is 0.310 e. The fourth-order valence-corrected chi connectivity index (χ4v) is 3.05. The van der Waals surface area contributed by atoms with Gasteiger partial charge in [0.1, 0.15) is 0 Å². The Kier molecular flexibility index (Phi) is 7.08.